The molecular formula is C22H31NO2. The molecule has 1 saturated carbocycles. The summed E-state index contributed by atoms with van der Waals surface area (Å²) in [6, 6.07) is 9.01. The zero-order chi connectivity index (χ0) is 18.4. The molecule has 0 bridgehead atoms. The van der Waals surface area contributed by atoms with Crippen LogP contribution >= 0.6 is 0 Å². The minimum Gasteiger partial charge on any atom is -0.313 e. The first-order valence-electron chi connectivity index (χ1n) is 9.32. The molecule has 1 aromatic carbocycles. The van der Waals surface area contributed by atoms with Crippen LogP contribution in [0.2, 0.25) is 0 Å². The minimum atomic E-state index is -0.393. The third-order valence-electron chi connectivity index (χ3n) is 4.96. The maximum Gasteiger partial charge on any atom is 0.365 e. The van der Waals surface area contributed by atoms with Gasteiger partial charge in [0.25, 0.3) is 0 Å². The van der Waals surface area contributed by atoms with Gasteiger partial charge in [0, 0.05) is 5.92 Å². The van der Waals surface area contributed by atoms with Gasteiger partial charge >= 0.3 is 5.97 Å². The summed E-state index contributed by atoms with van der Waals surface area (Å²) in [6.07, 6.45) is 6.13. The van der Waals surface area contributed by atoms with E-state index in [4.69, 9.17) is 4.84 Å². The van der Waals surface area contributed by atoms with Gasteiger partial charge in [-0.05, 0) is 55.1 Å². The van der Waals surface area contributed by atoms with E-state index in [1.54, 1.807) is 12.1 Å². The highest BCUT2D eigenvalue weighted by molar-refractivity contribution is 5.95. The Balaban J connectivity index is 2.13. The van der Waals surface area contributed by atoms with E-state index >= 15 is 0 Å². The van der Waals surface area contributed by atoms with Crippen molar-refractivity contribution < 1.29 is 9.63 Å². The van der Waals surface area contributed by atoms with Gasteiger partial charge in [-0.3, -0.25) is 0 Å². The average molecular weight is 341 g/mol. The van der Waals surface area contributed by atoms with Crippen molar-refractivity contribution in [1.29, 1.82) is 0 Å². The minimum absolute atomic E-state index is 0.258. The van der Waals surface area contributed by atoms with Crippen molar-refractivity contribution in [2.45, 2.75) is 53.4 Å². The van der Waals surface area contributed by atoms with Crippen LogP contribution in [0.4, 0.5) is 0 Å². The van der Waals surface area contributed by atoms with Crippen LogP contribution in [0.5, 0.6) is 0 Å². The highest BCUT2D eigenvalue weighted by Gasteiger charge is 2.51. The molecule has 0 spiro atoms. The van der Waals surface area contributed by atoms with Crippen molar-refractivity contribution in [3.05, 3.63) is 48.6 Å². The summed E-state index contributed by atoms with van der Waals surface area (Å²) in [5, 5.41) is 4.23. The fourth-order valence-corrected chi connectivity index (χ4v) is 4.34. The van der Waals surface area contributed by atoms with Crippen molar-refractivity contribution in [1.82, 2.24) is 0 Å². The highest BCUT2D eigenvalue weighted by atomic mass is 16.7. The molecule has 3 nitrogen and oxygen atoms in total. The molecule has 0 amide bonds. The molecule has 2 rings (SSSR count). The number of carbonyl (C=O) groups is 1. The summed E-state index contributed by atoms with van der Waals surface area (Å²) in [7, 11) is 0. The molecule has 3 heteroatoms. The Morgan fingerprint density at radius 3 is 2.36 bits per heavy atom. The van der Waals surface area contributed by atoms with E-state index in [0.29, 0.717) is 23.3 Å². The van der Waals surface area contributed by atoms with E-state index < -0.39 is 5.97 Å². The molecule has 1 fully saturated rings. The molecule has 0 N–H and O–H groups in total. The summed E-state index contributed by atoms with van der Waals surface area (Å²) >= 11 is 0. The fourth-order valence-electron chi connectivity index (χ4n) is 4.34. The maximum atomic E-state index is 12.1. The number of benzene rings is 1. The van der Waals surface area contributed by atoms with Crippen molar-refractivity contribution >= 4 is 11.7 Å². The second kappa shape index (κ2) is 8.46. The normalized spacial score (nSPS) is 20.6. The van der Waals surface area contributed by atoms with Gasteiger partial charge < -0.3 is 4.84 Å². The van der Waals surface area contributed by atoms with Crippen LogP contribution in [0.15, 0.2) is 48.1 Å². The van der Waals surface area contributed by atoms with Crippen LogP contribution in [0, 0.1) is 23.2 Å². The van der Waals surface area contributed by atoms with E-state index in [0.717, 1.165) is 18.6 Å². The largest absolute Gasteiger partial charge is 0.365 e. The summed E-state index contributed by atoms with van der Waals surface area (Å²) in [5.74, 6) is 1.22. The summed E-state index contributed by atoms with van der Waals surface area (Å²) in [5.41, 5.74) is 1.79. The molecule has 0 aliphatic heterocycles. The number of nitrogens with zero attached hydrogens (tertiary/aromatic N) is 1. The summed E-state index contributed by atoms with van der Waals surface area (Å²) < 4.78 is 0. The van der Waals surface area contributed by atoms with Crippen molar-refractivity contribution in [3.63, 3.8) is 0 Å². The molecular weight excluding hydrogens is 310 g/mol. The lowest BCUT2D eigenvalue weighted by Gasteiger charge is -2.52. The molecule has 1 atom stereocenters. The van der Waals surface area contributed by atoms with Crippen molar-refractivity contribution in [2.24, 2.45) is 28.3 Å². The molecule has 136 valence electrons. The van der Waals surface area contributed by atoms with Crippen LogP contribution in [0.25, 0.3) is 0 Å². The van der Waals surface area contributed by atoms with Gasteiger partial charge in [0.15, 0.2) is 0 Å². The number of hydrogen-bond acceptors (Lipinski definition) is 3. The lowest BCUT2D eigenvalue weighted by atomic mass is 9.52. The Labute approximate surface area is 152 Å². The molecule has 25 heavy (non-hydrogen) atoms. The van der Waals surface area contributed by atoms with Crippen LogP contribution in [0.3, 0.4) is 0 Å². The molecule has 0 saturated heterocycles. The molecule has 0 aromatic heterocycles. The third-order valence-corrected chi connectivity index (χ3v) is 4.96. The van der Waals surface area contributed by atoms with Gasteiger partial charge in [0.05, 0.1) is 11.3 Å². The molecule has 1 unspecified atom stereocenters. The molecule has 0 radical (unpaired) electrons. The Morgan fingerprint density at radius 1 is 1.24 bits per heavy atom. The smallest absolute Gasteiger partial charge is 0.313 e. The zero-order valence-corrected chi connectivity index (χ0v) is 16.0. The van der Waals surface area contributed by atoms with Crippen molar-refractivity contribution in [2.75, 3.05) is 0 Å². The number of allylic oxidation sites excluding steroid dienone is 1. The monoisotopic (exact) mass is 341 g/mol. The van der Waals surface area contributed by atoms with Gasteiger partial charge in [-0.25, -0.2) is 4.79 Å². The number of oxime groups is 1. The van der Waals surface area contributed by atoms with Crippen molar-refractivity contribution in [3.8, 4) is 0 Å². The topological polar surface area (TPSA) is 38.7 Å². The summed E-state index contributed by atoms with van der Waals surface area (Å²) in [6.45, 7) is 13.0. The standard InChI is InChI=1S/C22H31NO2/c1-6-10-19-20(15-22(19,13-16(2)3)14-17(4)5)23-25-21(24)18-11-8-7-9-12-18/h6-9,11-12,16-17,19H,1,10,13-15H2,2-5H3/b23-20+. The second-order valence-electron chi connectivity index (χ2n) is 8.14. The Morgan fingerprint density at radius 2 is 1.84 bits per heavy atom. The van der Waals surface area contributed by atoms with E-state index in [1.807, 2.05) is 24.3 Å². The zero-order valence-electron chi connectivity index (χ0n) is 16.0. The fraction of sp³-hybridized carbons (Fsp3) is 0.545. The Bertz CT molecular complexity index is 606. The molecule has 1 aliphatic carbocycles. The van der Waals surface area contributed by atoms with E-state index in [1.165, 1.54) is 12.8 Å². The quantitative estimate of drug-likeness (QED) is 0.337. The van der Waals surface area contributed by atoms with Gasteiger partial charge in [0.2, 0.25) is 0 Å². The van der Waals surface area contributed by atoms with Crippen LogP contribution < -0.4 is 0 Å². The first-order chi connectivity index (χ1) is 11.9. The average Bonchev–Trinajstić information content (AvgIpc) is 2.55. The van der Waals surface area contributed by atoms with Gasteiger partial charge in [-0.2, -0.15) is 0 Å². The number of carbonyl (C=O) groups excluding carboxylic acids is 1. The van der Waals surface area contributed by atoms with Crippen LogP contribution in [-0.4, -0.2) is 11.7 Å². The van der Waals surface area contributed by atoms with Gasteiger partial charge in [-0.15, -0.1) is 6.58 Å². The van der Waals surface area contributed by atoms with E-state index in [2.05, 4.69) is 39.4 Å². The maximum absolute atomic E-state index is 12.1. The summed E-state index contributed by atoms with van der Waals surface area (Å²) in [4.78, 5) is 17.3. The lowest BCUT2D eigenvalue weighted by molar-refractivity contribution is 0.0461. The molecule has 1 aromatic rings. The van der Waals surface area contributed by atoms with Crippen LogP contribution in [-0.2, 0) is 4.84 Å². The molecule has 0 heterocycles. The van der Waals surface area contributed by atoms with Gasteiger partial charge in [-0.1, -0.05) is 57.1 Å². The van der Waals surface area contributed by atoms with Gasteiger partial charge in [0.1, 0.15) is 0 Å². The third kappa shape index (κ3) is 4.81. The number of rotatable bonds is 8. The van der Waals surface area contributed by atoms with E-state index in [9.17, 15) is 4.79 Å². The first-order valence-corrected chi connectivity index (χ1v) is 9.32. The highest BCUT2D eigenvalue weighted by Crippen LogP contribution is 2.54. The van der Waals surface area contributed by atoms with E-state index in [-0.39, 0.29) is 5.41 Å². The predicted molar refractivity (Wildman–Crippen MR) is 104 cm³/mol. The lowest BCUT2D eigenvalue weighted by Crippen LogP contribution is -2.50. The number of hydrogen-bond donors (Lipinski definition) is 0. The first kappa shape index (κ1) is 19.4. The second-order valence-corrected chi connectivity index (χ2v) is 8.14. The predicted octanol–water partition coefficient (Wildman–Crippen LogP) is 5.87. The Hall–Kier alpha value is -1.90. The SMILES string of the molecule is C=CCC1/C(=N/OC(=O)c2ccccc2)CC1(CC(C)C)CC(C)C. The molecule has 1 aliphatic rings. The van der Waals surface area contributed by atoms with Crippen LogP contribution in [0.1, 0.15) is 63.7 Å². The Kier molecular flexibility index (Phi) is 6.57.